The Hall–Kier alpha value is -3.41. The molecule has 0 atom stereocenters. The number of rotatable bonds is 7. The highest BCUT2D eigenvalue weighted by atomic mass is 35.5. The SMILES string of the molecule is Cc1nn(Cc2ccc(Cl)cc2)c2sc(C(=O)NCCNc3ncccc3C#N)cc12. The number of hydrogen-bond acceptors (Lipinski definition) is 6. The molecule has 1 aromatic carbocycles. The number of anilines is 1. The van der Waals surface area contributed by atoms with Crippen LogP contribution < -0.4 is 10.6 Å². The van der Waals surface area contributed by atoms with E-state index < -0.39 is 0 Å². The lowest BCUT2D eigenvalue weighted by molar-refractivity contribution is 0.0959. The second-order valence-corrected chi connectivity index (χ2v) is 8.36. The van der Waals surface area contributed by atoms with E-state index in [1.807, 2.05) is 41.9 Å². The normalized spacial score (nSPS) is 10.7. The second-order valence-electron chi connectivity index (χ2n) is 6.89. The van der Waals surface area contributed by atoms with E-state index in [4.69, 9.17) is 16.9 Å². The molecule has 3 aromatic heterocycles. The molecule has 3 heterocycles. The topological polar surface area (TPSA) is 95.6 Å². The molecule has 156 valence electrons. The summed E-state index contributed by atoms with van der Waals surface area (Å²) in [6.45, 7) is 3.42. The second kappa shape index (κ2) is 9.16. The number of aromatic nitrogens is 3. The van der Waals surface area contributed by atoms with Crippen molar-refractivity contribution in [3.05, 3.63) is 75.4 Å². The van der Waals surface area contributed by atoms with E-state index in [0.717, 1.165) is 21.5 Å². The number of nitrogens with zero attached hydrogens (tertiary/aromatic N) is 4. The average Bonchev–Trinajstić information content (AvgIpc) is 3.34. The summed E-state index contributed by atoms with van der Waals surface area (Å²) in [5, 5.41) is 21.4. The average molecular weight is 451 g/mol. The number of carbonyl (C=O) groups is 1. The van der Waals surface area contributed by atoms with Gasteiger partial charge in [0, 0.05) is 29.7 Å². The summed E-state index contributed by atoms with van der Waals surface area (Å²) in [6, 6.07) is 15.0. The van der Waals surface area contributed by atoms with Crippen molar-refractivity contribution >= 4 is 44.9 Å². The number of fused-ring (bicyclic) bond motifs is 1. The summed E-state index contributed by atoms with van der Waals surface area (Å²) in [5.74, 6) is 0.376. The lowest BCUT2D eigenvalue weighted by Gasteiger charge is -2.07. The van der Waals surface area contributed by atoms with E-state index in [-0.39, 0.29) is 5.91 Å². The maximum Gasteiger partial charge on any atom is 0.261 e. The summed E-state index contributed by atoms with van der Waals surface area (Å²) in [7, 11) is 0. The van der Waals surface area contributed by atoms with Gasteiger partial charge in [-0.25, -0.2) is 4.98 Å². The third kappa shape index (κ3) is 4.68. The van der Waals surface area contributed by atoms with Crippen LogP contribution in [0.25, 0.3) is 10.2 Å². The van der Waals surface area contributed by atoms with Crippen molar-refractivity contribution in [1.82, 2.24) is 20.1 Å². The van der Waals surface area contributed by atoms with Crippen LogP contribution >= 0.6 is 22.9 Å². The fourth-order valence-electron chi connectivity index (χ4n) is 3.17. The standard InChI is InChI=1S/C22H19ClN6OS/c1-14-18-11-19(21(30)27-10-9-26-20-16(12-24)3-2-8-25-20)31-22(18)29(28-14)13-15-4-6-17(23)7-5-15/h2-8,11H,9-10,13H2,1H3,(H,25,26)(H,27,30). The van der Waals surface area contributed by atoms with E-state index in [0.29, 0.717) is 40.9 Å². The number of nitrogens with one attached hydrogen (secondary N) is 2. The zero-order valence-electron chi connectivity index (χ0n) is 16.7. The molecule has 1 amide bonds. The maximum absolute atomic E-state index is 12.6. The maximum atomic E-state index is 12.6. The monoisotopic (exact) mass is 450 g/mol. The van der Waals surface area contributed by atoms with E-state index in [2.05, 4.69) is 26.8 Å². The lowest BCUT2D eigenvalue weighted by Crippen LogP contribution is -2.28. The Balaban J connectivity index is 1.40. The molecule has 0 radical (unpaired) electrons. The molecule has 0 unspecified atom stereocenters. The largest absolute Gasteiger partial charge is 0.367 e. The number of halogens is 1. The molecule has 0 aliphatic carbocycles. The summed E-state index contributed by atoms with van der Waals surface area (Å²) < 4.78 is 1.92. The zero-order chi connectivity index (χ0) is 21.8. The van der Waals surface area contributed by atoms with Crippen LogP contribution in [0.5, 0.6) is 0 Å². The van der Waals surface area contributed by atoms with Crippen molar-refractivity contribution in [2.45, 2.75) is 13.5 Å². The first-order valence-electron chi connectivity index (χ1n) is 9.63. The first kappa shape index (κ1) is 20.8. The number of amides is 1. The molecule has 0 spiro atoms. The van der Waals surface area contributed by atoms with Gasteiger partial charge < -0.3 is 10.6 Å². The van der Waals surface area contributed by atoms with E-state index in [1.165, 1.54) is 11.3 Å². The minimum Gasteiger partial charge on any atom is -0.367 e. The van der Waals surface area contributed by atoms with Gasteiger partial charge in [-0.05, 0) is 42.8 Å². The molecule has 0 aliphatic rings. The predicted molar refractivity (Wildman–Crippen MR) is 123 cm³/mol. The third-order valence-electron chi connectivity index (χ3n) is 4.71. The van der Waals surface area contributed by atoms with Gasteiger partial charge in [0.05, 0.1) is 22.7 Å². The third-order valence-corrected chi connectivity index (χ3v) is 6.11. The van der Waals surface area contributed by atoms with Gasteiger partial charge in [0.25, 0.3) is 5.91 Å². The van der Waals surface area contributed by atoms with Gasteiger partial charge in [-0.15, -0.1) is 11.3 Å². The molecule has 0 bridgehead atoms. The molecule has 7 nitrogen and oxygen atoms in total. The van der Waals surface area contributed by atoms with Crippen LogP contribution in [-0.2, 0) is 6.54 Å². The minimum absolute atomic E-state index is 0.137. The van der Waals surface area contributed by atoms with Gasteiger partial charge >= 0.3 is 0 Å². The highest BCUT2D eigenvalue weighted by molar-refractivity contribution is 7.20. The minimum atomic E-state index is -0.137. The molecule has 0 saturated heterocycles. The van der Waals surface area contributed by atoms with Gasteiger partial charge in [-0.1, -0.05) is 23.7 Å². The zero-order valence-corrected chi connectivity index (χ0v) is 18.3. The Morgan fingerprint density at radius 3 is 2.84 bits per heavy atom. The van der Waals surface area contributed by atoms with Crippen LogP contribution in [0.1, 0.15) is 26.5 Å². The molecule has 2 N–H and O–H groups in total. The summed E-state index contributed by atoms with van der Waals surface area (Å²) in [4.78, 5) is 18.4. The van der Waals surface area contributed by atoms with E-state index in [1.54, 1.807) is 18.3 Å². The quantitative estimate of drug-likeness (QED) is 0.411. The summed E-state index contributed by atoms with van der Waals surface area (Å²) >= 11 is 7.39. The Bertz CT molecular complexity index is 1270. The van der Waals surface area contributed by atoms with Gasteiger partial charge in [-0.3, -0.25) is 9.48 Å². The predicted octanol–water partition coefficient (Wildman–Crippen LogP) is 4.22. The van der Waals surface area contributed by atoms with Crippen molar-refractivity contribution in [2.75, 3.05) is 18.4 Å². The van der Waals surface area contributed by atoms with Crippen molar-refractivity contribution in [3.63, 3.8) is 0 Å². The lowest BCUT2D eigenvalue weighted by atomic mass is 10.2. The molecule has 0 fully saturated rings. The number of thiophene rings is 1. The molecule has 0 saturated carbocycles. The smallest absolute Gasteiger partial charge is 0.261 e. The fraction of sp³-hybridized carbons (Fsp3) is 0.182. The van der Waals surface area contributed by atoms with Gasteiger partial charge in [0.15, 0.2) is 0 Å². The molecule has 0 aliphatic heterocycles. The number of benzene rings is 1. The molecule has 9 heteroatoms. The molecular formula is C22H19ClN6OS. The van der Waals surface area contributed by atoms with E-state index >= 15 is 0 Å². The molecule has 31 heavy (non-hydrogen) atoms. The Morgan fingerprint density at radius 2 is 2.06 bits per heavy atom. The Morgan fingerprint density at radius 1 is 1.26 bits per heavy atom. The Labute approximate surface area is 188 Å². The highest BCUT2D eigenvalue weighted by Crippen LogP contribution is 2.29. The van der Waals surface area contributed by atoms with E-state index in [9.17, 15) is 4.79 Å². The van der Waals surface area contributed by atoms with Crippen LogP contribution in [-0.4, -0.2) is 33.8 Å². The van der Waals surface area contributed by atoms with Gasteiger partial charge in [0.1, 0.15) is 16.7 Å². The summed E-state index contributed by atoms with van der Waals surface area (Å²) in [5.41, 5.74) is 2.45. The van der Waals surface area contributed by atoms with Crippen LogP contribution in [0, 0.1) is 18.3 Å². The van der Waals surface area contributed by atoms with Crippen LogP contribution in [0.3, 0.4) is 0 Å². The van der Waals surface area contributed by atoms with Crippen molar-refractivity contribution in [1.29, 1.82) is 5.26 Å². The molecular weight excluding hydrogens is 432 g/mol. The fourth-order valence-corrected chi connectivity index (χ4v) is 4.38. The Kier molecular flexibility index (Phi) is 6.16. The number of pyridine rings is 1. The van der Waals surface area contributed by atoms with Crippen molar-refractivity contribution < 1.29 is 4.79 Å². The number of hydrogen-bond donors (Lipinski definition) is 2. The number of aryl methyl sites for hydroxylation is 1. The van der Waals surface area contributed by atoms with Gasteiger partial charge in [-0.2, -0.15) is 10.4 Å². The number of carbonyl (C=O) groups excluding carboxylic acids is 1. The van der Waals surface area contributed by atoms with Gasteiger partial charge in [0.2, 0.25) is 0 Å². The first-order chi connectivity index (χ1) is 15.0. The first-order valence-corrected chi connectivity index (χ1v) is 10.8. The van der Waals surface area contributed by atoms with Crippen molar-refractivity contribution in [3.8, 4) is 6.07 Å². The molecule has 4 rings (SSSR count). The highest BCUT2D eigenvalue weighted by Gasteiger charge is 2.16. The number of nitriles is 1. The molecule has 4 aromatic rings. The summed E-state index contributed by atoms with van der Waals surface area (Å²) in [6.07, 6.45) is 1.62. The van der Waals surface area contributed by atoms with Crippen LogP contribution in [0.4, 0.5) is 5.82 Å². The van der Waals surface area contributed by atoms with Crippen LogP contribution in [0.2, 0.25) is 5.02 Å². The van der Waals surface area contributed by atoms with Crippen LogP contribution in [0.15, 0.2) is 48.7 Å². The van der Waals surface area contributed by atoms with Crippen molar-refractivity contribution in [2.24, 2.45) is 0 Å².